The number of para-hydroxylation sites is 1. The molecule has 2 rings (SSSR count). The van der Waals surface area contributed by atoms with Crippen LogP contribution in [0.3, 0.4) is 0 Å². The van der Waals surface area contributed by atoms with E-state index in [1.54, 1.807) is 25.2 Å². The first kappa shape index (κ1) is 20.6. The number of amides is 2. The largest absolute Gasteiger partial charge is 0.480 e. The normalized spacial score (nSPS) is 18.6. The highest BCUT2D eigenvalue weighted by molar-refractivity contribution is 5.74. The molecule has 148 valence electrons. The fraction of sp³-hybridized carbons (Fsp3) is 0.556. The predicted molar refractivity (Wildman–Crippen MR) is 99.7 cm³/mol. The lowest BCUT2D eigenvalue weighted by atomic mass is 9.85. The third-order valence-electron chi connectivity index (χ3n) is 4.95. The van der Waals surface area contributed by atoms with Gasteiger partial charge in [0.2, 0.25) is 0 Å². The molecule has 0 aliphatic heterocycles. The first-order valence-electron chi connectivity index (χ1n) is 9.01. The number of aliphatic carboxylic acids is 1. The topological polar surface area (TPSA) is 116 Å². The lowest BCUT2D eigenvalue weighted by Crippen LogP contribution is -2.56. The summed E-state index contributed by atoms with van der Waals surface area (Å²) in [6.07, 6.45) is 1.85. The Morgan fingerprint density at radius 2 is 2.00 bits per heavy atom. The Morgan fingerprint density at radius 3 is 2.59 bits per heavy atom. The van der Waals surface area contributed by atoms with Crippen molar-refractivity contribution < 1.29 is 19.6 Å². The van der Waals surface area contributed by atoms with E-state index in [4.69, 9.17) is 5.11 Å². The molecule has 0 bridgehead atoms. The number of benzene rings is 1. The fourth-order valence-corrected chi connectivity index (χ4v) is 3.25. The number of hydrogen-bond acceptors (Lipinski definition) is 5. The molecule has 1 aliphatic carbocycles. The summed E-state index contributed by atoms with van der Waals surface area (Å²) in [6.45, 7) is 2.96. The maximum atomic E-state index is 12.3. The van der Waals surface area contributed by atoms with Gasteiger partial charge >= 0.3 is 12.0 Å². The number of carboxylic acid groups (broad SMARTS) is 1. The maximum Gasteiger partial charge on any atom is 0.317 e. The molecule has 1 saturated carbocycles. The van der Waals surface area contributed by atoms with Gasteiger partial charge in [-0.25, -0.2) is 4.79 Å². The van der Waals surface area contributed by atoms with Crippen molar-refractivity contribution in [2.45, 2.75) is 38.3 Å². The molecule has 2 amide bonds. The number of urea groups is 1. The van der Waals surface area contributed by atoms with Crippen LogP contribution in [0.2, 0.25) is 0 Å². The fourth-order valence-electron chi connectivity index (χ4n) is 3.25. The van der Waals surface area contributed by atoms with Gasteiger partial charge in [0.15, 0.2) is 0 Å². The number of carbonyl (C=O) groups excluding carboxylic acids is 1. The summed E-state index contributed by atoms with van der Waals surface area (Å²) in [7, 11) is 1.66. The highest BCUT2D eigenvalue weighted by atomic mass is 16.6. The molecular formula is C18H26N4O5. The molecule has 0 atom stereocenters. The minimum Gasteiger partial charge on any atom is -0.480 e. The second-order valence-corrected chi connectivity index (χ2v) is 6.79. The average Bonchev–Trinajstić information content (AvgIpc) is 2.60. The van der Waals surface area contributed by atoms with Crippen LogP contribution in [0.4, 0.5) is 10.5 Å². The second-order valence-electron chi connectivity index (χ2n) is 6.79. The molecular weight excluding hydrogens is 352 g/mol. The van der Waals surface area contributed by atoms with Crippen LogP contribution in [0.1, 0.15) is 25.3 Å². The van der Waals surface area contributed by atoms with E-state index in [1.165, 1.54) is 11.0 Å². The van der Waals surface area contributed by atoms with Gasteiger partial charge in [0, 0.05) is 37.3 Å². The van der Waals surface area contributed by atoms with Crippen LogP contribution in [0, 0.1) is 10.1 Å². The van der Waals surface area contributed by atoms with Crippen LogP contribution in [-0.2, 0) is 11.2 Å². The van der Waals surface area contributed by atoms with Crippen LogP contribution < -0.4 is 5.32 Å². The van der Waals surface area contributed by atoms with Crippen LogP contribution in [-0.4, -0.2) is 70.6 Å². The van der Waals surface area contributed by atoms with Gasteiger partial charge in [-0.3, -0.25) is 19.8 Å². The Morgan fingerprint density at radius 1 is 1.33 bits per heavy atom. The number of carboxylic acids is 1. The molecule has 9 heteroatoms. The summed E-state index contributed by atoms with van der Waals surface area (Å²) in [6, 6.07) is 6.50. The van der Waals surface area contributed by atoms with Gasteiger partial charge in [0.1, 0.15) is 0 Å². The van der Waals surface area contributed by atoms with E-state index in [0.717, 1.165) is 12.8 Å². The van der Waals surface area contributed by atoms with Crippen molar-refractivity contribution in [1.82, 2.24) is 15.1 Å². The molecule has 0 spiro atoms. The molecule has 0 saturated heterocycles. The van der Waals surface area contributed by atoms with Gasteiger partial charge in [-0.05, 0) is 25.8 Å². The Kier molecular flexibility index (Phi) is 7.12. The smallest absolute Gasteiger partial charge is 0.317 e. The Balaban J connectivity index is 1.77. The zero-order valence-corrected chi connectivity index (χ0v) is 15.6. The monoisotopic (exact) mass is 378 g/mol. The number of nitro benzene ring substituents is 1. The summed E-state index contributed by atoms with van der Waals surface area (Å²) in [5.41, 5.74) is 0.657. The summed E-state index contributed by atoms with van der Waals surface area (Å²) < 4.78 is 0. The molecule has 0 radical (unpaired) electrons. The Labute approximate surface area is 158 Å². The van der Waals surface area contributed by atoms with Crippen LogP contribution in [0.15, 0.2) is 24.3 Å². The lowest BCUT2D eigenvalue weighted by molar-refractivity contribution is -0.385. The molecule has 0 aromatic heterocycles. The number of rotatable bonds is 9. The van der Waals surface area contributed by atoms with Crippen molar-refractivity contribution in [3.63, 3.8) is 0 Å². The van der Waals surface area contributed by atoms with Crippen molar-refractivity contribution >= 4 is 17.7 Å². The van der Waals surface area contributed by atoms with Gasteiger partial charge in [-0.1, -0.05) is 25.1 Å². The first-order valence-corrected chi connectivity index (χ1v) is 9.01. The first-order chi connectivity index (χ1) is 12.8. The van der Waals surface area contributed by atoms with Crippen molar-refractivity contribution in [2.24, 2.45) is 0 Å². The van der Waals surface area contributed by atoms with Gasteiger partial charge in [0.25, 0.3) is 5.69 Å². The summed E-state index contributed by atoms with van der Waals surface area (Å²) in [5, 5.41) is 22.9. The minimum atomic E-state index is -0.848. The highest BCUT2D eigenvalue weighted by Gasteiger charge is 2.35. The maximum absolute atomic E-state index is 12.3. The SMILES string of the molecule is CCN(CC(=O)O)C1CC(NC(=O)N(C)CCc2ccccc2[N+](=O)[O-])C1. The average molecular weight is 378 g/mol. The predicted octanol–water partition coefficient (Wildman–Crippen LogP) is 1.72. The molecule has 2 N–H and O–H groups in total. The molecule has 1 aliphatic rings. The number of nitro groups is 1. The Bertz CT molecular complexity index is 690. The van der Waals surface area contributed by atoms with Crippen molar-refractivity contribution in [3.8, 4) is 0 Å². The summed E-state index contributed by atoms with van der Waals surface area (Å²) in [4.78, 5) is 37.2. The van der Waals surface area contributed by atoms with E-state index in [-0.39, 0.29) is 30.3 Å². The zero-order chi connectivity index (χ0) is 20.0. The Hall–Kier alpha value is -2.68. The quantitative estimate of drug-likeness (QED) is 0.499. The molecule has 0 heterocycles. The van der Waals surface area contributed by atoms with Gasteiger partial charge < -0.3 is 15.3 Å². The molecule has 1 aromatic rings. The van der Waals surface area contributed by atoms with Crippen LogP contribution in [0.25, 0.3) is 0 Å². The molecule has 9 nitrogen and oxygen atoms in total. The summed E-state index contributed by atoms with van der Waals surface area (Å²) >= 11 is 0. The van der Waals surface area contributed by atoms with E-state index in [9.17, 15) is 19.7 Å². The van der Waals surface area contributed by atoms with Crippen molar-refractivity contribution in [2.75, 3.05) is 26.7 Å². The highest BCUT2D eigenvalue weighted by Crippen LogP contribution is 2.25. The number of likely N-dealkylation sites (N-methyl/N-ethyl adjacent to an activating group) is 2. The van der Waals surface area contributed by atoms with Crippen LogP contribution >= 0.6 is 0 Å². The molecule has 1 aromatic carbocycles. The minimum absolute atomic E-state index is 0.0115. The van der Waals surface area contributed by atoms with E-state index in [0.29, 0.717) is 25.1 Å². The van der Waals surface area contributed by atoms with Crippen LogP contribution in [0.5, 0.6) is 0 Å². The second kappa shape index (κ2) is 9.31. The third kappa shape index (κ3) is 5.65. The van der Waals surface area contributed by atoms with E-state index >= 15 is 0 Å². The van der Waals surface area contributed by atoms with Gasteiger partial charge in [-0.2, -0.15) is 0 Å². The zero-order valence-electron chi connectivity index (χ0n) is 15.6. The third-order valence-corrected chi connectivity index (χ3v) is 4.95. The number of carbonyl (C=O) groups is 2. The molecule has 27 heavy (non-hydrogen) atoms. The van der Waals surface area contributed by atoms with E-state index in [1.807, 2.05) is 11.8 Å². The number of nitrogens with one attached hydrogen (secondary N) is 1. The van der Waals surface area contributed by atoms with Gasteiger partial charge in [0.05, 0.1) is 11.5 Å². The van der Waals surface area contributed by atoms with Crippen molar-refractivity contribution in [3.05, 3.63) is 39.9 Å². The number of hydrogen-bond donors (Lipinski definition) is 2. The van der Waals surface area contributed by atoms with E-state index < -0.39 is 10.9 Å². The van der Waals surface area contributed by atoms with Crippen molar-refractivity contribution in [1.29, 1.82) is 0 Å². The summed E-state index contributed by atoms with van der Waals surface area (Å²) in [5.74, 6) is -0.848. The lowest BCUT2D eigenvalue weighted by Gasteiger charge is -2.42. The van der Waals surface area contributed by atoms with E-state index in [2.05, 4.69) is 5.32 Å². The number of nitrogens with zero attached hydrogens (tertiary/aromatic N) is 3. The van der Waals surface area contributed by atoms with Gasteiger partial charge in [-0.15, -0.1) is 0 Å². The standard InChI is InChI=1S/C18H26N4O5/c1-3-21(12-17(23)24)15-10-14(11-15)19-18(25)20(2)9-8-13-6-4-5-7-16(13)22(26)27/h4-7,14-15H,3,8-12H2,1-2H3,(H,19,25)(H,23,24). The molecule has 1 fully saturated rings. The molecule has 0 unspecified atom stereocenters.